The molecule has 1 amide bonds. The summed E-state index contributed by atoms with van der Waals surface area (Å²) in [5.74, 6) is -0.389. The van der Waals surface area contributed by atoms with Gasteiger partial charge in [0.25, 0.3) is 5.91 Å². The summed E-state index contributed by atoms with van der Waals surface area (Å²) in [6.07, 6.45) is -0.636. The highest BCUT2D eigenvalue weighted by molar-refractivity contribution is 7.99. The number of halogens is 2. The molecular formula is C19H20F2N2O2S. The molecule has 4 nitrogen and oxygen atoms in total. The summed E-state index contributed by atoms with van der Waals surface area (Å²) in [4.78, 5) is 15.2. The molecular weight excluding hydrogens is 358 g/mol. The molecule has 1 heterocycles. The summed E-state index contributed by atoms with van der Waals surface area (Å²) >= 11 is 1.55. The molecule has 2 aromatic carbocycles. The molecule has 2 atom stereocenters. The molecule has 26 heavy (non-hydrogen) atoms. The zero-order chi connectivity index (χ0) is 18.7. The molecule has 0 saturated carbocycles. The lowest BCUT2D eigenvalue weighted by Crippen LogP contribution is -2.44. The quantitative estimate of drug-likeness (QED) is 0.867. The summed E-state index contributed by atoms with van der Waals surface area (Å²) in [5.41, 5.74) is -0.0536. The van der Waals surface area contributed by atoms with Gasteiger partial charge in [0.2, 0.25) is 0 Å². The lowest BCUT2D eigenvalue weighted by atomic mass is 10.0. The third-order valence-electron chi connectivity index (χ3n) is 4.23. The van der Waals surface area contributed by atoms with Crippen molar-refractivity contribution in [3.63, 3.8) is 0 Å². The Morgan fingerprint density at radius 1 is 1.23 bits per heavy atom. The van der Waals surface area contributed by atoms with Gasteiger partial charge in [0, 0.05) is 22.8 Å². The number of fused-ring (bicyclic) bond motifs is 1. The minimum absolute atomic E-state index is 0.0536. The van der Waals surface area contributed by atoms with Gasteiger partial charge in [0.15, 0.2) is 6.10 Å². The van der Waals surface area contributed by atoms with Crippen LogP contribution in [-0.2, 0) is 4.79 Å². The average molecular weight is 378 g/mol. The van der Waals surface area contributed by atoms with Crippen LogP contribution in [0.4, 0.5) is 8.78 Å². The summed E-state index contributed by atoms with van der Waals surface area (Å²) in [7, 11) is 3.43. The Balaban J connectivity index is 1.68. The van der Waals surface area contributed by atoms with Crippen molar-refractivity contribution in [2.45, 2.75) is 17.0 Å². The first-order chi connectivity index (χ1) is 12.5. The molecule has 2 unspecified atom stereocenters. The molecule has 1 aliphatic rings. The molecule has 138 valence electrons. The molecule has 3 rings (SSSR count). The van der Waals surface area contributed by atoms with Crippen LogP contribution < -0.4 is 10.1 Å². The Hall–Kier alpha value is -2.12. The summed E-state index contributed by atoms with van der Waals surface area (Å²) in [6, 6.07) is 10.7. The molecule has 0 bridgehead atoms. The van der Waals surface area contributed by atoms with E-state index < -0.39 is 23.8 Å². The number of amides is 1. The SMILES string of the molecule is CN(C)C(CNC(=O)C1CSc2ccccc2O1)c1c(F)cccc1F. The van der Waals surface area contributed by atoms with E-state index in [2.05, 4.69) is 5.32 Å². The van der Waals surface area contributed by atoms with Gasteiger partial charge in [-0.1, -0.05) is 18.2 Å². The molecule has 0 saturated heterocycles. The van der Waals surface area contributed by atoms with Crippen LogP contribution in [0.5, 0.6) is 5.75 Å². The van der Waals surface area contributed by atoms with Crippen LogP contribution in [0.2, 0.25) is 0 Å². The molecule has 0 spiro atoms. The maximum atomic E-state index is 14.1. The number of ether oxygens (including phenoxy) is 1. The van der Waals surface area contributed by atoms with Gasteiger partial charge in [-0.3, -0.25) is 4.79 Å². The number of carbonyl (C=O) groups excluding carboxylic acids is 1. The fraction of sp³-hybridized carbons (Fsp3) is 0.316. The van der Waals surface area contributed by atoms with Crippen molar-refractivity contribution in [1.82, 2.24) is 10.2 Å². The van der Waals surface area contributed by atoms with Gasteiger partial charge in [-0.15, -0.1) is 11.8 Å². The molecule has 1 aliphatic heterocycles. The number of hydrogen-bond donors (Lipinski definition) is 1. The van der Waals surface area contributed by atoms with Gasteiger partial charge >= 0.3 is 0 Å². The van der Waals surface area contributed by atoms with Gasteiger partial charge in [0.05, 0.1) is 6.04 Å². The number of hydrogen-bond acceptors (Lipinski definition) is 4. The second-order valence-corrected chi connectivity index (χ2v) is 7.29. The minimum Gasteiger partial charge on any atom is -0.479 e. The van der Waals surface area contributed by atoms with Gasteiger partial charge in [0.1, 0.15) is 17.4 Å². The first-order valence-electron chi connectivity index (χ1n) is 8.24. The largest absolute Gasteiger partial charge is 0.479 e. The van der Waals surface area contributed by atoms with E-state index >= 15 is 0 Å². The lowest BCUT2D eigenvalue weighted by Gasteiger charge is -2.28. The number of likely N-dealkylation sites (N-methyl/N-ethyl adjacent to an activating group) is 1. The van der Waals surface area contributed by atoms with Crippen molar-refractivity contribution in [1.29, 1.82) is 0 Å². The number of benzene rings is 2. The van der Waals surface area contributed by atoms with Crippen molar-refractivity contribution in [2.24, 2.45) is 0 Å². The predicted octanol–water partition coefficient (Wildman–Crippen LogP) is 3.24. The van der Waals surface area contributed by atoms with E-state index in [0.717, 1.165) is 4.90 Å². The smallest absolute Gasteiger partial charge is 0.262 e. The van der Waals surface area contributed by atoms with Gasteiger partial charge in [-0.25, -0.2) is 8.78 Å². The monoisotopic (exact) mass is 378 g/mol. The average Bonchev–Trinajstić information content (AvgIpc) is 2.63. The zero-order valence-corrected chi connectivity index (χ0v) is 15.4. The van der Waals surface area contributed by atoms with E-state index in [1.54, 1.807) is 30.8 Å². The molecule has 1 N–H and O–H groups in total. The van der Waals surface area contributed by atoms with Crippen molar-refractivity contribution >= 4 is 17.7 Å². The number of rotatable bonds is 5. The number of para-hydroxylation sites is 1. The van der Waals surface area contributed by atoms with Gasteiger partial charge < -0.3 is 15.0 Å². The van der Waals surface area contributed by atoms with E-state index in [4.69, 9.17) is 4.74 Å². The summed E-state index contributed by atoms with van der Waals surface area (Å²) in [5, 5.41) is 2.77. The molecule has 0 radical (unpaired) electrons. The van der Waals surface area contributed by atoms with Crippen LogP contribution in [0.1, 0.15) is 11.6 Å². The number of thioether (sulfide) groups is 1. The Kier molecular flexibility index (Phi) is 5.78. The predicted molar refractivity (Wildman–Crippen MR) is 97.4 cm³/mol. The van der Waals surface area contributed by atoms with Gasteiger partial charge in [-0.05, 0) is 38.4 Å². The third kappa shape index (κ3) is 3.99. The van der Waals surface area contributed by atoms with Crippen LogP contribution in [-0.4, -0.2) is 43.3 Å². The van der Waals surface area contributed by atoms with Crippen molar-refractivity contribution in [3.05, 3.63) is 59.7 Å². The second-order valence-electron chi connectivity index (χ2n) is 6.22. The van der Waals surface area contributed by atoms with Crippen molar-refractivity contribution in [3.8, 4) is 5.75 Å². The standard InChI is InChI=1S/C19H20F2N2O2S/c1-23(2)14(18-12(20)6-5-7-13(18)21)10-22-19(24)16-11-26-17-9-4-3-8-15(17)25-16/h3-9,14,16H,10-11H2,1-2H3,(H,22,24). The maximum Gasteiger partial charge on any atom is 0.262 e. The van der Waals surface area contributed by atoms with E-state index in [1.807, 2.05) is 24.3 Å². The number of nitrogens with zero attached hydrogens (tertiary/aromatic N) is 1. The number of carbonyl (C=O) groups is 1. The zero-order valence-electron chi connectivity index (χ0n) is 14.5. The van der Waals surface area contributed by atoms with E-state index in [-0.39, 0.29) is 18.0 Å². The topological polar surface area (TPSA) is 41.6 Å². The fourth-order valence-corrected chi connectivity index (χ4v) is 3.82. The highest BCUT2D eigenvalue weighted by Crippen LogP contribution is 2.35. The molecule has 7 heteroatoms. The number of nitrogens with one attached hydrogen (secondary N) is 1. The highest BCUT2D eigenvalue weighted by Gasteiger charge is 2.28. The van der Waals surface area contributed by atoms with E-state index in [0.29, 0.717) is 11.5 Å². The summed E-state index contributed by atoms with van der Waals surface area (Å²) < 4.78 is 33.9. The maximum absolute atomic E-state index is 14.1. The van der Waals surface area contributed by atoms with Crippen LogP contribution >= 0.6 is 11.8 Å². The Bertz CT molecular complexity index is 781. The van der Waals surface area contributed by atoms with Crippen LogP contribution in [0.3, 0.4) is 0 Å². The third-order valence-corrected chi connectivity index (χ3v) is 5.34. The van der Waals surface area contributed by atoms with Crippen LogP contribution in [0.15, 0.2) is 47.4 Å². The lowest BCUT2D eigenvalue weighted by molar-refractivity contribution is -0.127. The Morgan fingerprint density at radius 3 is 2.62 bits per heavy atom. The normalized spacial score (nSPS) is 17.3. The molecule has 0 aliphatic carbocycles. The highest BCUT2D eigenvalue weighted by atomic mass is 32.2. The van der Waals surface area contributed by atoms with Crippen molar-refractivity contribution in [2.75, 3.05) is 26.4 Å². The van der Waals surface area contributed by atoms with Gasteiger partial charge in [-0.2, -0.15) is 0 Å². The van der Waals surface area contributed by atoms with Crippen molar-refractivity contribution < 1.29 is 18.3 Å². The first kappa shape index (κ1) is 18.7. The molecule has 0 fully saturated rings. The molecule has 0 aromatic heterocycles. The fourth-order valence-electron chi connectivity index (χ4n) is 2.83. The Morgan fingerprint density at radius 2 is 1.92 bits per heavy atom. The van der Waals surface area contributed by atoms with E-state index in [1.165, 1.54) is 18.2 Å². The second kappa shape index (κ2) is 8.05. The van der Waals surface area contributed by atoms with Crippen LogP contribution in [0.25, 0.3) is 0 Å². The minimum atomic E-state index is -0.636. The first-order valence-corrected chi connectivity index (χ1v) is 9.22. The Labute approximate surface area is 155 Å². The van der Waals surface area contributed by atoms with E-state index in [9.17, 15) is 13.6 Å². The molecule has 2 aromatic rings. The van der Waals surface area contributed by atoms with Crippen LogP contribution in [0, 0.1) is 11.6 Å². The summed E-state index contributed by atoms with van der Waals surface area (Å²) in [6.45, 7) is 0.0792.